The van der Waals surface area contributed by atoms with Crippen molar-refractivity contribution in [1.29, 1.82) is 0 Å². The molecule has 1 aromatic heterocycles. The van der Waals surface area contributed by atoms with Gasteiger partial charge in [-0.15, -0.1) is 0 Å². The first-order chi connectivity index (χ1) is 9.21. The highest BCUT2D eigenvalue weighted by Gasteiger charge is 2.28. The van der Waals surface area contributed by atoms with Crippen LogP contribution in [0.4, 0.5) is 0 Å². The van der Waals surface area contributed by atoms with Crippen molar-refractivity contribution in [2.45, 2.75) is 82.9 Å². The summed E-state index contributed by atoms with van der Waals surface area (Å²) in [7, 11) is 6.68. The summed E-state index contributed by atoms with van der Waals surface area (Å²) in [5.74, 6) is 0.871. The first kappa shape index (κ1) is 15.0. The lowest BCUT2D eigenvalue weighted by Gasteiger charge is -2.28. The smallest absolute Gasteiger partial charge is 0.139 e. The average molecular weight is 276 g/mol. The van der Waals surface area contributed by atoms with Gasteiger partial charge < -0.3 is 0 Å². The van der Waals surface area contributed by atoms with Crippen LogP contribution in [0.3, 0.4) is 0 Å². The molecule has 0 aliphatic heterocycles. The monoisotopic (exact) mass is 276 g/mol. The fraction of sp³-hybridized carbons (Fsp3) is 0.867. The molecule has 0 amide bonds. The van der Waals surface area contributed by atoms with Crippen molar-refractivity contribution in [3.05, 3.63) is 10.8 Å². The third kappa shape index (κ3) is 4.59. The largest absolute Gasteiger partial charge is 0.225 e. The van der Waals surface area contributed by atoms with Gasteiger partial charge in [0, 0.05) is 0 Å². The number of nitrogens with zero attached hydrogens (tertiary/aromatic N) is 2. The minimum Gasteiger partial charge on any atom is -0.225 e. The maximum atomic E-state index is 6.68. The number of hydrogen-bond donors (Lipinski definition) is 0. The van der Waals surface area contributed by atoms with E-state index in [1.54, 1.807) is 0 Å². The molecule has 1 aliphatic carbocycles. The minimum atomic E-state index is -0.217. The molecule has 0 saturated heterocycles. The molecule has 0 spiro atoms. The first-order valence-electron chi connectivity index (χ1n) is 7.80. The lowest BCUT2D eigenvalue weighted by Crippen LogP contribution is -2.26. The summed E-state index contributed by atoms with van der Waals surface area (Å²) in [5.41, 5.74) is 0. The van der Waals surface area contributed by atoms with Crippen LogP contribution in [0, 0.1) is 6.92 Å². The van der Waals surface area contributed by atoms with E-state index in [0.717, 1.165) is 23.7 Å². The van der Waals surface area contributed by atoms with Crippen LogP contribution < -0.4 is 0 Å². The van der Waals surface area contributed by atoms with Gasteiger partial charge in [-0.2, -0.15) is 4.37 Å². The normalized spacial score (nSPS) is 22.4. The molecule has 19 heavy (non-hydrogen) atoms. The Hall–Kier alpha value is -0.375. The zero-order valence-electron chi connectivity index (χ0n) is 12.2. The van der Waals surface area contributed by atoms with Crippen molar-refractivity contribution in [1.82, 2.24) is 9.36 Å². The maximum absolute atomic E-state index is 6.68. The highest BCUT2D eigenvalue weighted by Crippen LogP contribution is 2.34. The van der Waals surface area contributed by atoms with Crippen LogP contribution in [0.2, 0.25) is 0 Å². The van der Waals surface area contributed by atoms with E-state index in [4.69, 9.17) is 7.85 Å². The number of aromatic nitrogens is 2. The molecular formula is C15H25BN2S. The van der Waals surface area contributed by atoms with Crippen LogP contribution in [-0.2, 0) is 5.31 Å². The van der Waals surface area contributed by atoms with Gasteiger partial charge in [-0.3, -0.25) is 0 Å². The van der Waals surface area contributed by atoms with Gasteiger partial charge in [0.1, 0.15) is 10.8 Å². The molecule has 0 unspecified atom stereocenters. The fourth-order valence-corrected chi connectivity index (χ4v) is 3.77. The summed E-state index contributed by atoms with van der Waals surface area (Å²) in [4.78, 5) is 4.56. The summed E-state index contributed by atoms with van der Waals surface area (Å²) in [6.07, 6.45) is 14.2. The van der Waals surface area contributed by atoms with Crippen molar-refractivity contribution in [3.63, 3.8) is 0 Å². The van der Waals surface area contributed by atoms with Crippen molar-refractivity contribution in [2.75, 3.05) is 0 Å². The number of rotatable bonds is 1. The quantitative estimate of drug-likeness (QED) is 0.705. The predicted octanol–water partition coefficient (Wildman–Crippen LogP) is 4.52. The Kier molecular flexibility index (Phi) is 5.87. The van der Waals surface area contributed by atoms with Gasteiger partial charge >= 0.3 is 0 Å². The highest BCUT2D eigenvalue weighted by molar-refractivity contribution is 7.05. The van der Waals surface area contributed by atoms with E-state index in [0.29, 0.717) is 0 Å². The SMILES string of the molecule is [B]C1(c2nc(C)ns2)CCCCCCCCCCC1. The van der Waals surface area contributed by atoms with Crippen LogP contribution in [0.15, 0.2) is 0 Å². The van der Waals surface area contributed by atoms with Gasteiger partial charge in [-0.05, 0) is 36.6 Å². The number of aryl methyl sites for hydroxylation is 1. The molecule has 1 heterocycles. The van der Waals surface area contributed by atoms with Crippen LogP contribution in [-0.4, -0.2) is 17.2 Å². The standard InChI is InChI=1S/C15H25BN2S/c1-13-17-14(19-18-13)15(16)11-9-7-5-3-2-4-6-8-10-12-15/h2-12H2,1H3. The molecule has 0 N–H and O–H groups in total. The van der Waals surface area contributed by atoms with Crippen LogP contribution in [0.5, 0.6) is 0 Å². The lowest BCUT2D eigenvalue weighted by atomic mass is 9.63. The van der Waals surface area contributed by atoms with E-state index >= 15 is 0 Å². The van der Waals surface area contributed by atoms with E-state index in [9.17, 15) is 0 Å². The Labute approximate surface area is 123 Å². The van der Waals surface area contributed by atoms with Gasteiger partial charge in [0.25, 0.3) is 0 Å². The zero-order chi connectivity index (χ0) is 13.6. The molecule has 1 aromatic rings. The topological polar surface area (TPSA) is 25.8 Å². The van der Waals surface area contributed by atoms with Crippen molar-refractivity contribution in [2.24, 2.45) is 0 Å². The summed E-state index contributed by atoms with van der Waals surface area (Å²) in [6.45, 7) is 1.96. The highest BCUT2D eigenvalue weighted by atomic mass is 32.1. The van der Waals surface area contributed by atoms with Crippen LogP contribution in [0.1, 0.15) is 81.5 Å². The Morgan fingerprint density at radius 2 is 1.37 bits per heavy atom. The average Bonchev–Trinajstić information content (AvgIpc) is 2.81. The molecule has 0 atom stereocenters. The molecule has 1 fully saturated rings. The van der Waals surface area contributed by atoms with Crippen molar-refractivity contribution in [3.8, 4) is 0 Å². The summed E-state index contributed by atoms with van der Waals surface area (Å²) in [5, 5.41) is 0.840. The first-order valence-corrected chi connectivity index (χ1v) is 8.58. The molecule has 1 aliphatic rings. The summed E-state index contributed by atoms with van der Waals surface area (Å²) >= 11 is 1.51. The Balaban J connectivity index is 2.01. The molecule has 4 heteroatoms. The van der Waals surface area contributed by atoms with Gasteiger partial charge in [0.15, 0.2) is 0 Å². The van der Waals surface area contributed by atoms with E-state index < -0.39 is 0 Å². The van der Waals surface area contributed by atoms with Crippen molar-refractivity contribution >= 4 is 19.4 Å². The van der Waals surface area contributed by atoms with E-state index in [2.05, 4.69) is 9.36 Å². The molecule has 104 valence electrons. The van der Waals surface area contributed by atoms with Gasteiger partial charge in [0.2, 0.25) is 0 Å². The van der Waals surface area contributed by atoms with Gasteiger partial charge in [-0.1, -0.05) is 57.8 Å². The Morgan fingerprint density at radius 1 is 0.895 bits per heavy atom. The second-order valence-corrected chi connectivity index (χ2v) is 6.74. The maximum Gasteiger partial charge on any atom is 0.139 e. The third-order valence-corrected chi connectivity index (χ3v) is 5.23. The zero-order valence-corrected chi connectivity index (χ0v) is 13.0. The van der Waals surface area contributed by atoms with E-state index in [1.807, 2.05) is 6.92 Å². The third-order valence-electron chi connectivity index (χ3n) is 4.20. The summed E-state index contributed by atoms with van der Waals surface area (Å²) < 4.78 is 4.32. The number of hydrogen-bond acceptors (Lipinski definition) is 3. The molecule has 2 radical (unpaired) electrons. The fourth-order valence-electron chi connectivity index (χ4n) is 2.96. The van der Waals surface area contributed by atoms with E-state index in [-0.39, 0.29) is 5.31 Å². The molecular weight excluding hydrogens is 251 g/mol. The molecule has 1 saturated carbocycles. The molecule has 0 aromatic carbocycles. The summed E-state index contributed by atoms with van der Waals surface area (Å²) in [6, 6.07) is 0. The molecule has 2 nitrogen and oxygen atoms in total. The van der Waals surface area contributed by atoms with Crippen LogP contribution in [0.25, 0.3) is 0 Å². The minimum absolute atomic E-state index is 0.217. The van der Waals surface area contributed by atoms with Crippen molar-refractivity contribution < 1.29 is 0 Å². The van der Waals surface area contributed by atoms with E-state index in [1.165, 1.54) is 69.3 Å². The molecule has 0 bridgehead atoms. The Morgan fingerprint density at radius 3 is 1.79 bits per heavy atom. The molecule has 2 rings (SSSR count). The van der Waals surface area contributed by atoms with Gasteiger partial charge in [0.05, 0.1) is 7.85 Å². The lowest BCUT2D eigenvalue weighted by molar-refractivity contribution is 0.430. The second-order valence-electron chi connectivity index (χ2n) is 5.98. The van der Waals surface area contributed by atoms with Crippen LogP contribution >= 0.6 is 11.5 Å². The van der Waals surface area contributed by atoms with Gasteiger partial charge in [-0.25, -0.2) is 4.98 Å². The Bertz CT molecular complexity index is 366. The second kappa shape index (κ2) is 7.42. The predicted molar refractivity (Wildman–Crippen MR) is 82.9 cm³/mol.